The first-order valence-corrected chi connectivity index (χ1v) is 7.44. The van der Waals surface area contributed by atoms with Crippen molar-refractivity contribution in [1.29, 1.82) is 5.26 Å². The monoisotopic (exact) mass is 274 g/mol. The summed E-state index contributed by atoms with van der Waals surface area (Å²) >= 11 is 0. The van der Waals surface area contributed by atoms with Crippen molar-refractivity contribution in [3.05, 3.63) is 35.9 Å². The Hall–Kier alpha value is -1.37. The molecule has 0 heterocycles. The lowest BCUT2D eigenvalue weighted by molar-refractivity contribution is 0.0848. The second-order valence-corrected chi connectivity index (χ2v) is 5.50. The zero-order valence-corrected chi connectivity index (χ0v) is 12.9. The molecule has 0 aromatic heterocycles. The average molecular weight is 274 g/mol. The van der Waals surface area contributed by atoms with Crippen LogP contribution in [0.3, 0.4) is 0 Å². The highest BCUT2D eigenvalue weighted by atomic mass is 16.5. The van der Waals surface area contributed by atoms with Gasteiger partial charge in [0.1, 0.15) is 0 Å². The molecule has 1 aromatic carbocycles. The maximum absolute atomic E-state index is 9.61. The molecule has 1 N–H and O–H groups in total. The van der Waals surface area contributed by atoms with Gasteiger partial charge in [0, 0.05) is 6.61 Å². The first kappa shape index (κ1) is 16.7. The Morgan fingerprint density at radius 1 is 1.30 bits per heavy atom. The molecule has 0 saturated heterocycles. The van der Waals surface area contributed by atoms with Crippen molar-refractivity contribution in [3.8, 4) is 6.07 Å². The van der Waals surface area contributed by atoms with E-state index >= 15 is 0 Å². The van der Waals surface area contributed by atoms with Crippen molar-refractivity contribution < 1.29 is 4.74 Å². The van der Waals surface area contributed by atoms with Gasteiger partial charge in [-0.3, -0.25) is 5.32 Å². The summed E-state index contributed by atoms with van der Waals surface area (Å²) in [5, 5.41) is 12.9. The van der Waals surface area contributed by atoms with Gasteiger partial charge in [0.25, 0.3) is 0 Å². The van der Waals surface area contributed by atoms with Gasteiger partial charge >= 0.3 is 0 Å². The Balaban J connectivity index is 2.63. The standard InChI is InChI=1S/C17H26N2O/c1-4-19-17(13-18,16-10-6-5-7-11-16)14-20-12-8-9-15(2)3/h5-7,10-11,15,19H,4,8-9,12,14H2,1-3H3. The molecule has 3 heteroatoms. The molecule has 0 radical (unpaired) electrons. The van der Waals surface area contributed by atoms with Gasteiger partial charge in [-0.15, -0.1) is 0 Å². The second-order valence-electron chi connectivity index (χ2n) is 5.50. The minimum atomic E-state index is -0.742. The van der Waals surface area contributed by atoms with Crippen LogP contribution in [0.15, 0.2) is 30.3 Å². The van der Waals surface area contributed by atoms with E-state index in [0.717, 1.165) is 24.9 Å². The summed E-state index contributed by atoms with van der Waals surface area (Å²) in [6, 6.07) is 12.2. The van der Waals surface area contributed by atoms with Crippen LogP contribution in [0.25, 0.3) is 0 Å². The summed E-state index contributed by atoms with van der Waals surface area (Å²) in [5.41, 5.74) is 0.224. The summed E-state index contributed by atoms with van der Waals surface area (Å²) in [6.07, 6.45) is 2.20. The molecule has 0 aliphatic heterocycles. The molecule has 0 spiro atoms. The van der Waals surface area contributed by atoms with E-state index in [9.17, 15) is 5.26 Å². The van der Waals surface area contributed by atoms with Crippen molar-refractivity contribution in [2.45, 2.75) is 39.2 Å². The molecule has 1 unspecified atom stereocenters. The SMILES string of the molecule is CCNC(C#N)(COCCCC(C)C)c1ccccc1. The van der Waals surface area contributed by atoms with Crippen LogP contribution in [0.5, 0.6) is 0 Å². The fourth-order valence-corrected chi connectivity index (χ4v) is 2.22. The third-order valence-corrected chi connectivity index (χ3v) is 3.32. The second kappa shape index (κ2) is 8.73. The van der Waals surface area contributed by atoms with Gasteiger partial charge in [-0.1, -0.05) is 51.1 Å². The molecule has 0 amide bonds. The molecule has 1 aromatic rings. The fourth-order valence-electron chi connectivity index (χ4n) is 2.22. The van der Waals surface area contributed by atoms with E-state index in [1.165, 1.54) is 0 Å². The van der Waals surface area contributed by atoms with E-state index in [1.54, 1.807) is 0 Å². The number of likely N-dealkylation sites (N-methyl/N-ethyl adjacent to an activating group) is 1. The summed E-state index contributed by atoms with van der Waals surface area (Å²) < 4.78 is 5.76. The minimum absolute atomic E-state index is 0.388. The largest absolute Gasteiger partial charge is 0.378 e. The average Bonchev–Trinajstić information content (AvgIpc) is 2.46. The molecule has 0 aliphatic rings. The van der Waals surface area contributed by atoms with Crippen LogP contribution in [0.1, 0.15) is 39.2 Å². The maximum atomic E-state index is 9.61. The molecule has 0 bridgehead atoms. The number of nitrogens with zero attached hydrogens (tertiary/aromatic N) is 1. The van der Waals surface area contributed by atoms with Crippen molar-refractivity contribution in [1.82, 2.24) is 5.32 Å². The Labute approximate surface area is 123 Å². The van der Waals surface area contributed by atoms with Gasteiger partial charge in [0.2, 0.25) is 0 Å². The van der Waals surface area contributed by atoms with Crippen LogP contribution < -0.4 is 5.32 Å². The molecule has 1 atom stereocenters. The number of nitriles is 1. The van der Waals surface area contributed by atoms with Gasteiger partial charge in [-0.2, -0.15) is 5.26 Å². The van der Waals surface area contributed by atoms with Crippen LogP contribution in [-0.2, 0) is 10.3 Å². The third-order valence-electron chi connectivity index (χ3n) is 3.32. The molecule has 20 heavy (non-hydrogen) atoms. The van der Waals surface area contributed by atoms with E-state index in [0.29, 0.717) is 19.1 Å². The summed E-state index contributed by atoms with van der Waals surface area (Å²) in [7, 11) is 0. The molecule has 3 nitrogen and oxygen atoms in total. The van der Waals surface area contributed by atoms with E-state index in [-0.39, 0.29) is 0 Å². The first-order valence-electron chi connectivity index (χ1n) is 7.44. The van der Waals surface area contributed by atoms with Gasteiger partial charge < -0.3 is 4.74 Å². The number of ether oxygens (including phenoxy) is 1. The van der Waals surface area contributed by atoms with Crippen LogP contribution >= 0.6 is 0 Å². The zero-order chi connectivity index (χ0) is 14.8. The molecular weight excluding hydrogens is 248 g/mol. The smallest absolute Gasteiger partial charge is 0.155 e. The Kier molecular flexibility index (Phi) is 7.28. The molecule has 0 aliphatic carbocycles. The van der Waals surface area contributed by atoms with Gasteiger partial charge in [-0.05, 0) is 30.9 Å². The number of nitrogens with one attached hydrogen (secondary N) is 1. The molecule has 110 valence electrons. The van der Waals surface area contributed by atoms with E-state index in [1.807, 2.05) is 37.3 Å². The lowest BCUT2D eigenvalue weighted by Gasteiger charge is -2.28. The zero-order valence-electron chi connectivity index (χ0n) is 12.9. The maximum Gasteiger partial charge on any atom is 0.155 e. The molecule has 1 rings (SSSR count). The topological polar surface area (TPSA) is 45.0 Å². The highest BCUT2D eigenvalue weighted by Gasteiger charge is 2.31. The predicted molar refractivity (Wildman–Crippen MR) is 82.3 cm³/mol. The van der Waals surface area contributed by atoms with Crippen LogP contribution in [-0.4, -0.2) is 19.8 Å². The van der Waals surface area contributed by atoms with Crippen LogP contribution in [0.4, 0.5) is 0 Å². The van der Waals surface area contributed by atoms with Crippen molar-refractivity contribution in [2.24, 2.45) is 5.92 Å². The van der Waals surface area contributed by atoms with E-state index < -0.39 is 5.54 Å². The Morgan fingerprint density at radius 3 is 2.55 bits per heavy atom. The Morgan fingerprint density at radius 2 is 2.00 bits per heavy atom. The molecule has 0 saturated carbocycles. The molecule has 0 fully saturated rings. The van der Waals surface area contributed by atoms with Gasteiger partial charge in [0.05, 0.1) is 12.7 Å². The first-order chi connectivity index (χ1) is 9.64. The number of benzene rings is 1. The minimum Gasteiger partial charge on any atom is -0.378 e. The van der Waals surface area contributed by atoms with Crippen molar-refractivity contribution in [3.63, 3.8) is 0 Å². The quantitative estimate of drug-likeness (QED) is 0.701. The van der Waals surface area contributed by atoms with Gasteiger partial charge in [-0.25, -0.2) is 0 Å². The fraction of sp³-hybridized carbons (Fsp3) is 0.588. The van der Waals surface area contributed by atoms with Crippen molar-refractivity contribution >= 4 is 0 Å². The highest BCUT2D eigenvalue weighted by molar-refractivity contribution is 5.31. The normalized spacial score (nSPS) is 13.9. The summed E-state index contributed by atoms with van der Waals surface area (Å²) in [5.74, 6) is 0.696. The number of hydrogen-bond donors (Lipinski definition) is 1. The highest BCUT2D eigenvalue weighted by Crippen LogP contribution is 2.21. The van der Waals surface area contributed by atoms with Crippen LogP contribution in [0.2, 0.25) is 0 Å². The summed E-state index contributed by atoms with van der Waals surface area (Å²) in [4.78, 5) is 0. The van der Waals surface area contributed by atoms with Crippen molar-refractivity contribution in [2.75, 3.05) is 19.8 Å². The summed E-state index contributed by atoms with van der Waals surface area (Å²) in [6.45, 7) is 8.26. The lowest BCUT2D eigenvalue weighted by Crippen LogP contribution is -2.45. The molecular formula is C17H26N2O. The van der Waals surface area contributed by atoms with E-state index in [4.69, 9.17) is 4.74 Å². The van der Waals surface area contributed by atoms with Crippen LogP contribution in [0, 0.1) is 17.2 Å². The number of hydrogen-bond acceptors (Lipinski definition) is 3. The van der Waals surface area contributed by atoms with Gasteiger partial charge in [0.15, 0.2) is 5.54 Å². The Bertz CT molecular complexity index is 411. The van der Waals surface area contributed by atoms with E-state index in [2.05, 4.69) is 25.2 Å². The third kappa shape index (κ3) is 4.96. The lowest BCUT2D eigenvalue weighted by atomic mass is 9.92. The number of rotatable bonds is 9. The predicted octanol–water partition coefficient (Wildman–Crippen LogP) is 3.47.